The van der Waals surface area contributed by atoms with E-state index in [1.807, 2.05) is 0 Å². The van der Waals surface area contributed by atoms with Crippen LogP contribution in [0.3, 0.4) is 0 Å². The Morgan fingerprint density at radius 1 is 1.75 bits per heavy atom. The van der Waals surface area contributed by atoms with E-state index in [2.05, 4.69) is 12.2 Å². The molecule has 1 saturated carbocycles. The first-order valence-corrected chi connectivity index (χ1v) is 4.72. The van der Waals surface area contributed by atoms with Crippen molar-refractivity contribution < 1.29 is 9.53 Å². The van der Waals surface area contributed by atoms with E-state index in [1.54, 1.807) is 0 Å². The number of alkyl carbamates (subject to hydrolysis) is 1. The predicted molar refractivity (Wildman–Crippen MR) is 44.8 cm³/mol. The Balaban J connectivity index is 2.14. The van der Waals surface area contributed by atoms with Gasteiger partial charge in [-0.15, -0.1) is 0 Å². The third-order valence-corrected chi connectivity index (χ3v) is 3.26. The van der Waals surface area contributed by atoms with Crippen LogP contribution < -0.4 is 5.32 Å². The Kier molecular flexibility index (Phi) is 1.74. The molecule has 1 N–H and O–H groups in total. The van der Waals surface area contributed by atoms with Crippen molar-refractivity contribution in [3.05, 3.63) is 0 Å². The molecule has 0 aromatic rings. The lowest BCUT2D eigenvalue weighted by molar-refractivity contribution is 0.165. The van der Waals surface area contributed by atoms with Crippen molar-refractivity contribution in [3.63, 3.8) is 0 Å². The summed E-state index contributed by atoms with van der Waals surface area (Å²) in [4.78, 5) is 10.9. The normalized spacial score (nSPS) is 40.1. The van der Waals surface area contributed by atoms with Crippen molar-refractivity contribution in [3.8, 4) is 0 Å². The molecule has 3 nitrogen and oxygen atoms in total. The lowest BCUT2D eigenvalue weighted by atomic mass is 9.86. The number of ether oxygens (including phenoxy) is 1. The minimum atomic E-state index is -0.227. The van der Waals surface area contributed by atoms with Gasteiger partial charge in [0, 0.05) is 0 Å². The molecule has 1 aliphatic heterocycles. The molecule has 1 aliphatic carbocycles. The second-order valence-corrected chi connectivity index (χ2v) is 3.85. The zero-order chi connectivity index (χ0) is 8.60. The van der Waals surface area contributed by atoms with Crippen molar-refractivity contribution in [2.24, 2.45) is 5.92 Å². The predicted octanol–water partition coefficient (Wildman–Crippen LogP) is 1.68. The molecule has 2 aliphatic rings. The third-order valence-electron chi connectivity index (χ3n) is 3.26. The second kappa shape index (κ2) is 2.64. The lowest BCUT2D eigenvalue weighted by Crippen LogP contribution is -2.46. The van der Waals surface area contributed by atoms with E-state index in [0.717, 1.165) is 12.8 Å². The molecule has 2 fully saturated rings. The summed E-state index contributed by atoms with van der Waals surface area (Å²) in [6.07, 6.45) is 4.47. The minimum absolute atomic E-state index is 0.00579. The quantitative estimate of drug-likeness (QED) is 0.648. The van der Waals surface area contributed by atoms with Gasteiger partial charge in [0.1, 0.15) is 6.61 Å². The summed E-state index contributed by atoms with van der Waals surface area (Å²) in [7, 11) is 0. The monoisotopic (exact) mass is 169 g/mol. The van der Waals surface area contributed by atoms with Gasteiger partial charge in [-0.2, -0.15) is 0 Å². The molecule has 1 spiro atoms. The van der Waals surface area contributed by atoms with Gasteiger partial charge >= 0.3 is 6.09 Å². The highest BCUT2D eigenvalue weighted by Crippen LogP contribution is 2.40. The number of amides is 1. The molecule has 0 bridgehead atoms. The van der Waals surface area contributed by atoms with E-state index in [1.165, 1.54) is 12.8 Å². The number of nitrogens with one attached hydrogen (secondary N) is 1. The van der Waals surface area contributed by atoms with Crippen molar-refractivity contribution in [1.82, 2.24) is 5.32 Å². The van der Waals surface area contributed by atoms with Crippen LogP contribution in [-0.2, 0) is 4.74 Å². The van der Waals surface area contributed by atoms with Crippen LogP contribution in [0.2, 0.25) is 0 Å². The SMILES string of the molecule is CCC1CCCC12COC(=O)N2. The third kappa shape index (κ3) is 0.993. The topological polar surface area (TPSA) is 38.3 Å². The Bertz CT molecular complexity index is 205. The minimum Gasteiger partial charge on any atom is -0.447 e. The second-order valence-electron chi connectivity index (χ2n) is 3.85. The van der Waals surface area contributed by atoms with Gasteiger partial charge in [-0.3, -0.25) is 0 Å². The Hall–Kier alpha value is -0.730. The van der Waals surface area contributed by atoms with E-state index < -0.39 is 0 Å². The average Bonchev–Trinajstić information content (AvgIpc) is 2.60. The fraction of sp³-hybridized carbons (Fsp3) is 0.889. The van der Waals surface area contributed by atoms with Gasteiger partial charge in [-0.05, 0) is 18.8 Å². The van der Waals surface area contributed by atoms with Crippen LogP contribution >= 0.6 is 0 Å². The highest BCUT2D eigenvalue weighted by molar-refractivity contribution is 5.70. The molecule has 1 amide bonds. The van der Waals surface area contributed by atoms with Gasteiger partial charge in [-0.25, -0.2) is 4.79 Å². The molecule has 2 atom stereocenters. The van der Waals surface area contributed by atoms with Gasteiger partial charge < -0.3 is 10.1 Å². The molecule has 2 unspecified atom stereocenters. The van der Waals surface area contributed by atoms with Crippen molar-refractivity contribution in [2.45, 2.75) is 38.1 Å². The standard InChI is InChI=1S/C9H15NO2/c1-2-7-4-3-5-9(7)6-12-8(11)10-9/h7H,2-6H2,1H3,(H,10,11). The fourth-order valence-electron chi connectivity index (χ4n) is 2.56. The summed E-state index contributed by atoms with van der Waals surface area (Å²) < 4.78 is 4.97. The van der Waals surface area contributed by atoms with Crippen LogP contribution in [0.5, 0.6) is 0 Å². The summed E-state index contributed by atoms with van der Waals surface area (Å²) in [6, 6.07) is 0. The Morgan fingerprint density at radius 3 is 3.17 bits per heavy atom. The Labute approximate surface area is 72.5 Å². The average molecular weight is 169 g/mol. The van der Waals surface area contributed by atoms with E-state index in [-0.39, 0.29) is 11.6 Å². The molecule has 2 rings (SSSR count). The van der Waals surface area contributed by atoms with Crippen LogP contribution in [0.15, 0.2) is 0 Å². The summed E-state index contributed by atoms with van der Waals surface area (Å²) >= 11 is 0. The molecule has 0 radical (unpaired) electrons. The van der Waals surface area contributed by atoms with Crippen molar-refractivity contribution >= 4 is 6.09 Å². The van der Waals surface area contributed by atoms with Gasteiger partial charge in [-0.1, -0.05) is 19.8 Å². The fourth-order valence-corrected chi connectivity index (χ4v) is 2.56. The van der Waals surface area contributed by atoms with Gasteiger partial charge in [0.2, 0.25) is 0 Å². The first-order chi connectivity index (χ1) is 5.77. The zero-order valence-electron chi connectivity index (χ0n) is 7.43. The molecule has 1 heterocycles. The summed E-state index contributed by atoms with van der Waals surface area (Å²) in [5, 5.41) is 2.97. The Morgan fingerprint density at radius 2 is 2.58 bits per heavy atom. The molecule has 12 heavy (non-hydrogen) atoms. The lowest BCUT2D eigenvalue weighted by Gasteiger charge is -2.27. The van der Waals surface area contributed by atoms with Crippen LogP contribution in [0.1, 0.15) is 32.6 Å². The molecule has 0 aromatic heterocycles. The van der Waals surface area contributed by atoms with Crippen LogP contribution in [-0.4, -0.2) is 18.2 Å². The van der Waals surface area contributed by atoms with E-state index in [0.29, 0.717) is 12.5 Å². The summed E-state index contributed by atoms with van der Waals surface area (Å²) in [6.45, 7) is 2.77. The maximum atomic E-state index is 10.9. The molecule has 1 saturated heterocycles. The number of carbonyl (C=O) groups is 1. The maximum Gasteiger partial charge on any atom is 0.407 e. The van der Waals surface area contributed by atoms with Crippen LogP contribution in [0.25, 0.3) is 0 Å². The van der Waals surface area contributed by atoms with Crippen molar-refractivity contribution in [2.75, 3.05) is 6.61 Å². The molecular weight excluding hydrogens is 154 g/mol. The molecular formula is C9H15NO2. The number of cyclic esters (lactones) is 1. The maximum absolute atomic E-state index is 10.9. The van der Waals surface area contributed by atoms with Gasteiger partial charge in [0.05, 0.1) is 5.54 Å². The first-order valence-electron chi connectivity index (χ1n) is 4.72. The van der Waals surface area contributed by atoms with Gasteiger partial charge in [0.25, 0.3) is 0 Å². The van der Waals surface area contributed by atoms with Crippen LogP contribution in [0, 0.1) is 5.92 Å². The molecule has 0 aromatic carbocycles. The van der Waals surface area contributed by atoms with E-state index in [9.17, 15) is 4.79 Å². The van der Waals surface area contributed by atoms with Crippen molar-refractivity contribution in [1.29, 1.82) is 0 Å². The first kappa shape index (κ1) is 7.90. The highest BCUT2D eigenvalue weighted by atomic mass is 16.6. The molecule has 68 valence electrons. The van der Waals surface area contributed by atoms with Gasteiger partial charge in [0.15, 0.2) is 0 Å². The number of hydrogen-bond donors (Lipinski definition) is 1. The van der Waals surface area contributed by atoms with E-state index >= 15 is 0 Å². The van der Waals surface area contributed by atoms with E-state index in [4.69, 9.17) is 4.74 Å². The number of hydrogen-bond acceptors (Lipinski definition) is 2. The highest BCUT2D eigenvalue weighted by Gasteiger charge is 2.47. The summed E-state index contributed by atoms with van der Waals surface area (Å²) in [5.41, 5.74) is 0.00579. The molecule has 3 heteroatoms. The summed E-state index contributed by atoms with van der Waals surface area (Å²) in [5.74, 6) is 0.629. The zero-order valence-corrected chi connectivity index (χ0v) is 7.43. The van der Waals surface area contributed by atoms with Crippen LogP contribution in [0.4, 0.5) is 4.79 Å². The number of carbonyl (C=O) groups excluding carboxylic acids is 1. The number of rotatable bonds is 1. The smallest absolute Gasteiger partial charge is 0.407 e. The largest absolute Gasteiger partial charge is 0.447 e.